The molecule has 3 rings (SSSR count). The van der Waals surface area contributed by atoms with E-state index in [2.05, 4.69) is 27.4 Å². The summed E-state index contributed by atoms with van der Waals surface area (Å²) in [5.74, 6) is 1.72. The van der Waals surface area contributed by atoms with Crippen molar-refractivity contribution in [2.75, 3.05) is 24.2 Å². The predicted octanol–water partition coefficient (Wildman–Crippen LogP) is 3.27. The Bertz CT molecular complexity index is 787. The minimum Gasteiger partial charge on any atom is -0.494 e. The zero-order chi connectivity index (χ0) is 16.1. The maximum absolute atomic E-state index is 5.86. The summed E-state index contributed by atoms with van der Waals surface area (Å²) in [6.07, 6.45) is 2.47. The maximum atomic E-state index is 5.86. The van der Waals surface area contributed by atoms with Gasteiger partial charge in [0.25, 0.3) is 0 Å². The summed E-state index contributed by atoms with van der Waals surface area (Å²) in [6.45, 7) is 3.45. The largest absolute Gasteiger partial charge is 0.494 e. The van der Waals surface area contributed by atoms with Gasteiger partial charge in [-0.25, -0.2) is 9.97 Å². The molecule has 0 aliphatic heterocycles. The van der Waals surface area contributed by atoms with Gasteiger partial charge in [0.2, 0.25) is 0 Å². The normalized spacial score (nSPS) is 10.7. The molecule has 0 saturated heterocycles. The highest BCUT2D eigenvalue weighted by molar-refractivity contribution is 5.91. The third kappa shape index (κ3) is 3.69. The fourth-order valence-corrected chi connectivity index (χ4v) is 2.46. The maximum Gasteiger partial charge on any atom is 0.137 e. The highest BCUT2D eigenvalue weighted by atomic mass is 16.5. The van der Waals surface area contributed by atoms with Crippen LogP contribution in [0.3, 0.4) is 0 Å². The Hall–Kier alpha value is -2.82. The van der Waals surface area contributed by atoms with Crippen LogP contribution in [-0.4, -0.2) is 23.1 Å². The Morgan fingerprint density at radius 2 is 1.91 bits per heavy atom. The van der Waals surface area contributed by atoms with Crippen LogP contribution in [0.5, 0.6) is 5.75 Å². The second-order valence-corrected chi connectivity index (χ2v) is 5.25. The highest BCUT2D eigenvalue weighted by Gasteiger charge is 2.04. The molecule has 0 spiro atoms. The quantitative estimate of drug-likeness (QED) is 0.684. The van der Waals surface area contributed by atoms with E-state index in [4.69, 9.17) is 10.5 Å². The van der Waals surface area contributed by atoms with E-state index >= 15 is 0 Å². The fourth-order valence-electron chi connectivity index (χ4n) is 2.46. The van der Waals surface area contributed by atoms with Gasteiger partial charge < -0.3 is 15.8 Å². The lowest BCUT2D eigenvalue weighted by Crippen LogP contribution is -2.07. The summed E-state index contributed by atoms with van der Waals surface area (Å²) in [4.78, 5) is 8.58. The summed E-state index contributed by atoms with van der Waals surface area (Å²) < 4.78 is 5.45. The van der Waals surface area contributed by atoms with Crippen molar-refractivity contribution in [1.29, 1.82) is 0 Å². The molecule has 0 bridgehead atoms. The van der Waals surface area contributed by atoms with Crippen LogP contribution in [0.1, 0.15) is 12.5 Å². The first-order valence-corrected chi connectivity index (χ1v) is 7.72. The first-order valence-electron chi connectivity index (χ1n) is 7.72. The van der Waals surface area contributed by atoms with Gasteiger partial charge in [-0.15, -0.1) is 0 Å². The Balaban J connectivity index is 1.65. The first-order chi connectivity index (χ1) is 11.3. The van der Waals surface area contributed by atoms with Gasteiger partial charge in [0.1, 0.15) is 17.9 Å². The highest BCUT2D eigenvalue weighted by Crippen LogP contribution is 2.21. The number of nitrogens with zero attached hydrogens (tertiary/aromatic N) is 2. The molecular formula is C18H20N4O. The second-order valence-electron chi connectivity index (χ2n) is 5.25. The number of nitrogen functional groups attached to an aromatic ring is 1. The summed E-state index contributed by atoms with van der Waals surface area (Å²) in [5, 5.41) is 4.31. The molecule has 0 aliphatic carbocycles. The molecule has 0 unspecified atom stereocenters. The second kappa shape index (κ2) is 6.96. The number of rotatable bonds is 6. The number of anilines is 2. The third-order valence-electron chi connectivity index (χ3n) is 3.60. The van der Waals surface area contributed by atoms with Crippen molar-refractivity contribution in [3.63, 3.8) is 0 Å². The Labute approximate surface area is 135 Å². The number of nitrogens with two attached hydrogens (primary N) is 1. The Morgan fingerprint density at radius 3 is 2.70 bits per heavy atom. The van der Waals surface area contributed by atoms with Gasteiger partial charge in [-0.2, -0.15) is 0 Å². The van der Waals surface area contributed by atoms with E-state index in [0.717, 1.165) is 35.4 Å². The first kappa shape index (κ1) is 15.1. The molecule has 0 atom stereocenters. The van der Waals surface area contributed by atoms with Gasteiger partial charge in [-0.05, 0) is 49.2 Å². The van der Waals surface area contributed by atoms with Crippen LogP contribution in [0, 0.1) is 0 Å². The van der Waals surface area contributed by atoms with Crippen molar-refractivity contribution < 1.29 is 4.74 Å². The summed E-state index contributed by atoms with van der Waals surface area (Å²) in [6, 6.07) is 13.8. The van der Waals surface area contributed by atoms with Gasteiger partial charge >= 0.3 is 0 Å². The van der Waals surface area contributed by atoms with Gasteiger partial charge in [-0.3, -0.25) is 0 Å². The molecule has 23 heavy (non-hydrogen) atoms. The van der Waals surface area contributed by atoms with Crippen molar-refractivity contribution in [3.8, 4) is 5.75 Å². The number of hydrogen-bond acceptors (Lipinski definition) is 5. The van der Waals surface area contributed by atoms with Gasteiger partial charge in [-0.1, -0.05) is 12.1 Å². The fraction of sp³-hybridized carbons (Fsp3) is 0.222. The van der Waals surface area contributed by atoms with E-state index in [1.807, 2.05) is 37.3 Å². The summed E-state index contributed by atoms with van der Waals surface area (Å²) >= 11 is 0. The number of benzene rings is 2. The average Bonchev–Trinajstić information content (AvgIpc) is 2.57. The summed E-state index contributed by atoms with van der Waals surface area (Å²) in [5.41, 5.74) is 8.70. The molecule has 3 aromatic rings. The van der Waals surface area contributed by atoms with Crippen LogP contribution in [0.4, 0.5) is 11.5 Å². The smallest absolute Gasteiger partial charge is 0.137 e. The number of fused-ring (bicyclic) bond motifs is 1. The van der Waals surface area contributed by atoms with Crippen LogP contribution >= 0.6 is 0 Å². The lowest BCUT2D eigenvalue weighted by molar-refractivity contribution is 0.340. The number of aromatic nitrogens is 2. The van der Waals surface area contributed by atoms with Crippen LogP contribution < -0.4 is 15.8 Å². The van der Waals surface area contributed by atoms with E-state index in [1.165, 1.54) is 5.56 Å². The van der Waals surface area contributed by atoms with Crippen LogP contribution in [0.2, 0.25) is 0 Å². The Morgan fingerprint density at radius 1 is 1.09 bits per heavy atom. The topological polar surface area (TPSA) is 73.1 Å². The molecule has 0 radical (unpaired) electrons. The van der Waals surface area contributed by atoms with Crippen LogP contribution in [0.15, 0.2) is 48.8 Å². The molecule has 0 saturated carbocycles. The van der Waals surface area contributed by atoms with E-state index in [-0.39, 0.29) is 0 Å². The lowest BCUT2D eigenvalue weighted by Gasteiger charge is -2.09. The number of hydrogen-bond donors (Lipinski definition) is 2. The van der Waals surface area contributed by atoms with Crippen molar-refractivity contribution in [3.05, 3.63) is 54.4 Å². The number of ether oxygens (including phenoxy) is 1. The molecule has 1 aromatic heterocycles. The minimum atomic E-state index is 0.685. The molecule has 5 heteroatoms. The zero-order valence-electron chi connectivity index (χ0n) is 13.1. The molecule has 0 amide bonds. The zero-order valence-corrected chi connectivity index (χ0v) is 13.1. The predicted molar refractivity (Wildman–Crippen MR) is 93.8 cm³/mol. The molecule has 0 aliphatic rings. The average molecular weight is 308 g/mol. The van der Waals surface area contributed by atoms with Crippen molar-refractivity contribution in [2.45, 2.75) is 13.3 Å². The molecule has 1 heterocycles. The summed E-state index contributed by atoms with van der Waals surface area (Å²) in [7, 11) is 0. The van der Waals surface area contributed by atoms with Gasteiger partial charge in [0, 0.05) is 17.6 Å². The molecule has 3 N–H and O–H groups in total. The minimum absolute atomic E-state index is 0.685. The van der Waals surface area contributed by atoms with E-state index < -0.39 is 0 Å². The molecule has 2 aromatic carbocycles. The van der Waals surface area contributed by atoms with Crippen LogP contribution in [0.25, 0.3) is 10.9 Å². The SMILES string of the molecule is CCOc1ccc(CCNc2ncnc3ccc(N)cc23)cc1. The molecule has 118 valence electrons. The van der Waals surface area contributed by atoms with Crippen molar-refractivity contribution >= 4 is 22.4 Å². The molecular weight excluding hydrogens is 288 g/mol. The van der Waals surface area contributed by atoms with E-state index in [1.54, 1.807) is 6.33 Å². The van der Waals surface area contributed by atoms with E-state index in [9.17, 15) is 0 Å². The third-order valence-corrected chi connectivity index (χ3v) is 3.60. The van der Waals surface area contributed by atoms with Gasteiger partial charge in [0.05, 0.1) is 12.1 Å². The monoisotopic (exact) mass is 308 g/mol. The standard InChI is InChI=1S/C18H20N4O/c1-2-23-15-6-3-13(4-7-15)9-10-20-18-16-11-14(19)5-8-17(16)21-12-22-18/h3-8,11-12H,2,9-10,19H2,1H3,(H,20,21,22). The number of nitrogens with one attached hydrogen (secondary N) is 1. The van der Waals surface area contributed by atoms with Gasteiger partial charge in [0.15, 0.2) is 0 Å². The molecule has 0 fully saturated rings. The molecule has 5 nitrogen and oxygen atoms in total. The van der Waals surface area contributed by atoms with E-state index in [0.29, 0.717) is 12.3 Å². The van der Waals surface area contributed by atoms with Crippen LogP contribution in [-0.2, 0) is 6.42 Å². The van der Waals surface area contributed by atoms with Crippen molar-refractivity contribution in [2.24, 2.45) is 0 Å². The Kier molecular flexibility index (Phi) is 4.57. The lowest BCUT2D eigenvalue weighted by atomic mass is 10.1. The van der Waals surface area contributed by atoms with Crippen molar-refractivity contribution in [1.82, 2.24) is 9.97 Å².